The van der Waals surface area contributed by atoms with Crippen molar-refractivity contribution in [1.29, 1.82) is 0 Å². The molecule has 2 heterocycles. The van der Waals surface area contributed by atoms with Gasteiger partial charge in [-0.05, 0) is 43.2 Å². The monoisotopic (exact) mass is 363 g/mol. The van der Waals surface area contributed by atoms with E-state index in [1.165, 1.54) is 0 Å². The average molecular weight is 364 g/mol. The maximum Gasteiger partial charge on any atom is 0.325 e. The van der Waals surface area contributed by atoms with Gasteiger partial charge in [0, 0.05) is 17.5 Å². The maximum atomic E-state index is 12.1. The molecule has 1 aliphatic heterocycles. The van der Waals surface area contributed by atoms with Crippen molar-refractivity contribution in [2.75, 3.05) is 6.54 Å². The largest absolute Gasteiger partial charge is 0.426 e. The number of aromatic nitrogens is 1. The fourth-order valence-electron chi connectivity index (χ4n) is 2.85. The van der Waals surface area contributed by atoms with Crippen LogP contribution in [0.3, 0.4) is 0 Å². The van der Waals surface area contributed by atoms with Crippen LogP contribution in [-0.4, -0.2) is 29.3 Å². The van der Waals surface area contributed by atoms with Gasteiger partial charge in [0.25, 0.3) is 0 Å². The second-order valence-electron chi connectivity index (χ2n) is 5.70. The third-order valence-corrected chi connectivity index (χ3v) is 4.03. The minimum absolute atomic E-state index is 0. The molecule has 2 amide bonds. The smallest absolute Gasteiger partial charge is 0.325 e. The number of aryl methyl sites for hydroxylation is 1. The minimum atomic E-state index is -0.528. The lowest BCUT2D eigenvalue weighted by atomic mass is 9.89. The number of nitrogens with one attached hydrogen (secondary N) is 1. The predicted molar refractivity (Wildman–Crippen MR) is 93.5 cm³/mol. The Balaban J connectivity index is 0.00000225. The Hall–Kier alpha value is -2.51. The van der Waals surface area contributed by atoms with Crippen LogP contribution in [0.4, 0.5) is 0 Å². The molecule has 3 N–H and O–H groups in total. The number of amides is 2. The Morgan fingerprint density at radius 1 is 1.36 bits per heavy atom. The summed E-state index contributed by atoms with van der Waals surface area (Å²) in [5, 5.41) is 3.11. The molecule has 1 aromatic heterocycles. The maximum absolute atomic E-state index is 12.1. The number of carbonyl (C=O) groups excluding carboxylic acids is 3. The summed E-state index contributed by atoms with van der Waals surface area (Å²) >= 11 is 0. The summed E-state index contributed by atoms with van der Waals surface area (Å²) in [6.45, 7) is 1.63. The molecule has 1 atom stereocenters. The zero-order valence-electron chi connectivity index (χ0n) is 13.6. The molecule has 8 heteroatoms. The quantitative estimate of drug-likeness (QED) is 0.483. The van der Waals surface area contributed by atoms with E-state index in [2.05, 4.69) is 10.3 Å². The number of fused-ring (bicyclic) bond motifs is 1. The van der Waals surface area contributed by atoms with Gasteiger partial charge in [-0.3, -0.25) is 24.7 Å². The predicted octanol–water partition coefficient (Wildman–Crippen LogP) is 1.35. The Morgan fingerprint density at radius 3 is 2.80 bits per heavy atom. The lowest BCUT2D eigenvalue weighted by Gasteiger charge is -2.22. The van der Waals surface area contributed by atoms with Gasteiger partial charge in [-0.2, -0.15) is 0 Å². The van der Waals surface area contributed by atoms with Gasteiger partial charge in [0.1, 0.15) is 5.75 Å². The van der Waals surface area contributed by atoms with Gasteiger partial charge in [0.2, 0.25) is 11.8 Å². The van der Waals surface area contributed by atoms with Crippen LogP contribution in [0, 0.1) is 6.92 Å². The molecule has 0 saturated carbocycles. The number of carbonyl (C=O) groups is 3. The highest BCUT2D eigenvalue weighted by molar-refractivity contribution is 6.01. The second kappa shape index (κ2) is 7.58. The molecule has 3 rings (SSSR count). The molecule has 25 heavy (non-hydrogen) atoms. The van der Waals surface area contributed by atoms with Crippen molar-refractivity contribution in [3.8, 4) is 5.75 Å². The fraction of sp³-hybridized carbons (Fsp3) is 0.294. The Morgan fingerprint density at radius 2 is 2.12 bits per heavy atom. The van der Waals surface area contributed by atoms with Crippen molar-refractivity contribution < 1.29 is 19.1 Å². The number of nitrogens with two attached hydrogens (primary N) is 1. The number of nitrogens with zero attached hydrogens (tertiary/aromatic N) is 1. The van der Waals surface area contributed by atoms with Gasteiger partial charge >= 0.3 is 5.97 Å². The Kier molecular flexibility index (Phi) is 5.71. The van der Waals surface area contributed by atoms with E-state index in [0.29, 0.717) is 18.6 Å². The van der Waals surface area contributed by atoms with Crippen LogP contribution in [-0.2, 0) is 14.4 Å². The molecule has 0 aliphatic carbocycles. The molecule has 1 saturated heterocycles. The molecule has 0 radical (unpaired) electrons. The fourth-order valence-corrected chi connectivity index (χ4v) is 2.85. The summed E-state index contributed by atoms with van der Waals surface area (Å²) in [4.78, 5) is 39.2. The van der Waals surface area contributed by atoms with E-state index in [0.717, 1.165) is 22.2 Å². The van der Waals surface area contributed by atoms with Crippen LogP contribution < -0.4 is 15.8 Å². The highest BCUT2D eigenvalue weighted by Crippen LogP contribution is 2.30. The molecule has 0 bridgehead atoms. The first-order chi connectivity index (χ1) is 11.5. The minimum Gasteiger partial charge on any atom is -0.426 e. The van der Waals surface area contributed by atoms with Crippen LogP contribution in [0.2, 0.25) is 0 Å². The SMILES string of the molecule is Cc1nc2ccc(OC(=O)CN)cc2cc1C1CCC(=O)NC1=O.Cl. The van der Waals surface area contributed by atoms with E-state index < -0.39 is 11.9 Å². The van der Waals surface area contributed by atoms with Gasteiger partial charge < -0.3 is 10.5 Å². The molecule has 1 aliphatic rings. The van der Waals surface area contributed by atoms with E-state index in [1.54, 1.807) is 18.2 Å². The third-order valence-electron chi connectivity index (χ3n) is 4.03. The molecule has 132 valence electrons. The van der Waals surface area contributed by atoms with E-state index in [1.807, 2.05) is 13.0 Å². The van der Waals surface area contributed by atoms with Crippen LogP contribution in [0.15, 0.2) is 24.3 Å². The summed E-state index contributed by atoms with van der Waals surface area (Å²) in [6.07, 6.45) is 0.766. The Labute approximate surface area is 150 Å². The second-order valence-corrected chi connectivity index (χ2v) is 5.70. The molecular formula is C17H18ClN3O4. The molecule has 7 nitrogen and oxygen atoms in total. The first-order valence-corrected chi connectivity index (χ1v) is 7.63. The highest BCUT2D eigenvalue weighted by Gasteiger charge is 2.29. The number of hydrogen-bond donors (Lipinski definition) is 2. The highest BCUT2D eigenvalue weighted by atomic mass is 35.5. The van der Waals surface area contributed by atoms with Crippen molar-refractivity contribution in [3.05, 3.63) is 35.5 Å². The lowest BCUT2D eigenvalue weighted by Crippen LogP contribution is -2.39. The number of pyridine rings is 1. The molecule has 0 spiro atoms. The molecule has 1 fully saturated rings. The molecule has 1 unspecified atom stereocenters. The van der Waals surface area contributed by atoms with Crippen molar-refractivity contribution in [3.63, 3.8) is 0 Å². The average Bonchev–Trinajstić information content (AvgIpc) is 2.55. The van der Waals surface area contributed by atoms with Gasteiger partial charge in [-0.25, -0.2) is 0 Å². The summed E-state index contributed by atoms with van der Waals surface area (Å²) < 4.78 is 5.11. The number of ether oxygens (including phenoxy) is 1. The number of piperidine rings is 1. The number of benzene rings is 1. The molecular weight excluding hydrogens is 346 g/mol. The number of esters is 1. The lowest BCUT2D eigenvalue weighted by molar-refractivity contribution is -0.134. The van der Waals surface area contributed by atoms with Crippen LogP contribution >= 0.6 is 12.4 Å². The van der Waals surface area contributed by atoms with Crippen LogP contribution in [0.25, 0.3) is 10.9 Å². The Bertz CT molecular complexity index is 853. The standard InChI is InChI=1S/C17H17N3O4.ClH/c1-9-13(12-3-5-15(21)20-17(12)23)7-10-6-11(24-16(22)8-18)2-4-14(10)19-9;/h2,4,6-7,12H,3,5,8,18H2,1H3,(H,20,21,23);1H. The summed E-state index contributed by atoms with van der Waals surface area (Å²) in [7, 11) is 0. The normalized spacial score (nSPS) is 17.0. The number of rotatable bonds is 3. The van der Waals surface area contributed by atoms with E-state index in [9.17, 15) is 14.4 Å². The number of halogens is 1. The van der Waals surface area contributed by atoms with Crippen LogP contribution in [0.5, 0.6) is 5.75 Å². The van der Waals surface area contributed by atoms with E-state index in [-0.39, 0.29) is 30.8 Å². The third kappa shape index (κ3) is 3.94. The van der Waals surface area contributed by atoms with Crippen molar-refractivity contribution >= 4 is 41.1 Å². The summed E-state index contributed by atoms with van der Waals surface area (Å²) in [5.41, 5.74) is 7.49. The van der Waals surface area contributed by atoms with E-state index >= 15 is 0 Å². The van der Waals surface area contributed by atoms with E-state index in [4.69, 9.17) is 10.5 Å². The van der Waals surface area contributed by atoms with Gasteiger partial charge in [0.05, 0.1) is 18.0 Å². The van der Waals surface area contributed by atoms with Crippen molar-refractivity contribution in [1.82, 2.24) is 10.3 Å². The van der Waals surface area contributed by atoms with Gasteiger partial charge in [0.15, 0.2) is 0 Å². The topological polar surface area (TPSA) is 111 Å². The molecule has 2 aromatic rings. The first kappa shape index (κ1) is 18.8. The molecule has 1 aromatic carbocycles. The summed E-state index contributed by atoms with van der Waals surface area (Å²) in [6, 6.07) is 6.94. The van der Waals surface area contributed by atoms with Gasteiger partial charge in [-0.1, -0.05) is 0 Å². The van der Waals surface area contributed by atoms with Crippen molar-refractivity contribution in [2.24, 2.45) is 5.73 Å². The number of hydrogen-bond acceptors (Lipinski definition) is 6. The first-order valence-electron chi connectivity index (χ1n) is 7.63. The zero-order valence-corrected chi connectivity index (χ0v) is 14.4. The zero-order chi connectivity index (χ0) is 17.3. The van der Waals surface area contributed by atoms with Crippen molar-refractivity contribution in [2.45, 2.75) is 25.7 Å². The van der Waals surface area contributed by atoms with Crippen LogP contribution in [0.1, 0.15) is 30.0 Å². The summed E-state index contributed by atoms with van der Waals surface area (Å²) in [5.74, 6) is -1.12. The number of imide groups is 1. The van der Waals surface area contributed by atoms with Gasteiger partial charge in [-0.15, -0.1) is 12.4 Å².